The van der Waals surface area contributed by atoms with Crippen molar-refractivity contribution in [2.75, 3.05) is 11.9 Å². The number of hydrogen-bond donors (Lipinski definition) is 2. The zero-order valence-corrected chi connectivity index (χ0v) is 10.3. The lowest BCUT2D eigenvalue weighted by molar-refractivity contribution is 0.0519. The Morgan fingerprint density at radius 2 is 2.35 bits per heavy atom. The third kappa shape index (κ3) is 4.44. The van der Waals surface area contributed by atoms with Crippen LogP contribution >= 0.6 is 0 Å². The summed E-state index contributed by atoms with van der Waals surface area (Å²) in [5.74, 6) is -0.507. The van der Waals surface area contributed by atoms with Crippen molar-refractivity contribution in [2.24, 2.45) is 0 Å². The molecule has 0 saturated carbocycles. The van der Waals surface area contributed by atoms with E-state index in [4.69, 9.17) is 9.15 Å². The highest BCUT2D eigenvalue weighted by molar-refractivity contribution is 5.87. The van der Waals surface area contributed by atoms with Gasteiger partial charge in [-0.25, -0.2) is 4.79 Å². The SMILES string of the molecule is CCOC(=O)c1coc(NC(C)CC(C)O)n1. The van der Waals surface area contributed by atoms with Gasteiger partial charge in [-0.3, -0.25) is 0 Å². The topological polar surface area (TPSA) is 84.6 Å². The van der Waals surface area contributed by atoms with Crippen LogP contribution in [0.3, 0.4) is 0 Å². The maximum absolute atomic E-state index is 11.3. The van der Waals surface area contributed by atoms with Gasteiger partial charge >= 0.3 is 5.97 Å². The van der Waals surface area contributed by atoms with Crippen molar-refractivity contribution >= 4 is 12.0 Å². The van der Waals surface area contributed by atoms with Crippen molar-refractivity contribution in [3.8, 4) is 0 Å². The largest absolute Gasteiger partial charge is 0.461 e. The quantitative estimate of drug-likeness (QED) is 0.734. The van der Waals surface area contributed by atoms with Crippen molar-refractivity contribution in [1.29, 1.82) is 0 Å². The Hall–Kier alpha value is -1.56. The summed E-state index contributed by atoms with van der Waals surface area (Å²) in [5.41, 5.74) is 0.138. The molecule has 0 aliphatic rings. The summed E-state index contributed by atoms with van der Waals surface area (Å²) in [4.78, 5) is 15.3. The van der Waals surface area contributed by atoms with Gasteiger partial charge in [-0.05, 0) is 27.2 Å². The third-order valence-corrected chi connectivity index (χ3v) is 2.05. The van der Waals surface area contributed by atoms with Crippen molar-refractivity contribution in [2.45, 2.75) is 39.3 Å². The molecule has 2 N–H and O–H groups in total. The van der Waals surface area contributed by atoms with Gasteiger partial charge in [0.15, 0.2) is 5.69 Å². The summed E-state index contributed by atoms with van der Waals surface area (Å²) in [7, 11) is 0. The molecule has 1 aromatic rings. The van der Waals surface area contributed by atoms with E-state index in [2.05, 4.69) is 10.3 Å². The van der Waals surface area contributed by atoms with Gasteiger partial charge in [0, 0.05) is 6.04 Å². The Bertz CT molecular complexity index is 362. The predicted molar refractivity (Wildman–Crippen MR) is 61.8 cm³/mol. The van der Waals surface area contributed by atoms with Crippen LogP contribution in [0.25, 0.3) is 0 Å². The lowest BCUT2D eigenvalue weighted by Gasteiger charge is -2.13. The van der Waals surface area contributed by atoms with Crippen LogP contribution in [-0.2, 0) is 4.74 Å². The van der Waals surface area contributed by atoms with E-state index in [0.29, 0.717) is 13.0 Å². The Balaban J connectivity index is 2.53. The molecule has 1 heterocycles. The van der Waals surface area contributed by atoms with Gasteiger partial charge in [0.25, 0.3) is 6.01 Å². The second-order valence-corrected chi connectivity index (χ2v) is 3.89. The fourth-order valence-corrected chi connectivity index (χ4v) is 1.42. The fraction of sp³-hybridized carbons (Fsp3) is 0.636. The number of aliphatic hydroxyl groups is 1. The van der Waals surface area contributed by atoms with Crippen LogP contribution in [0, 0.1) is 0 Å². The summed E-state index contributed by atoms with van der Waals surface area (Å²) in [6, 6.07) is 0.255. The number of aliphatic hydroxyl groups excluding tert-OH is 1. The van der Waals surface area contributed by atoms with E-state index in [-0.39, 0.29) is 17.8 Å². The molecule has 0 aliphatic carbocycles. The molecule has 6 nitrogen and oxygen atoms in total. The van der Waals surface area contributed by atoms with Crippen molar-refractivity contribution in [3.05, 3.63) is 12.0 Å². The van der Waals surface area contributed by atoms with Crippen LogP contribution in [0.4, 0.5) is 6.01 Å². The van der Waals surface area contributed by atoms with Gasteiger partial charge in [0.2, 0.25) is 0 Å². The number of nitrogens with zero attached hydrogens (tertiary/aromatic N) is 1. The van der Waals surface area contributed by atoms with Gasteiger partial charge in [-0.15, -0.1) is 0 Å². The molecule has 2 unspecified atom stereocenters. The van der Waals surface area contributed by atoms with Gasteiger partial charge < -0.3 is 19.6 Å². The standard InChI is InChI=1S/C11H18N2O4/c1-4-16-10(15)9-6-17-11(13-9)12-7(2)5-8(3)14/h6-8,14H,4-5H2,1-3H3,(H,12,13). The number of rotatable bonds is 6. The molecule has 0 radical (unpaired) electrons. The zero-order valence-electron chi connectivity index (χ0n) is 10.3. The van der Waals surface area contributed by atoms with E-state index in [1.165, 1.54) is 6.26 Å². The van der Waals surface area contributed by atoms with Crippen molar-refractivity contribution in [3.63, 3.8) is 0 Å². The van der Waals surface area contributed by atoms with Gasteiger partial charge in [-0.2, -0.15) is 4.98 Å². The Kier molecular flexibility index (Phi) is 4.96. The van der Waals surface area contributed by atoms with E-state index in [0.717, 1.165) is 0 Å². The number of anilines is 1. The smallest absolute Gasteiger partial charge is 0.360 e. The van der Waals surface area contributed by atoms with E-state index >= 15 is 0 Å². The number of hydrogen-bond acceptors (Lipinski definition) is 6. The zero-order chi connectivity index (χ0) is 12.8. The normalized spacial score (nSPS) is 14.1. The van der Waals surface area contributed by atoms with Crippen LogP contribution in [-0.4, -0.2) is 34.8 Å². The van der Waals surface area contributed by atoms with E-state index in [1.807, 2.05) is 6.92 Å². The van der Waals surface area contributed by atoms with Crippen LogP contribution in [0.2, 0.25) is 0 Å². The molecule has 0 fully saturated rings. The first-order chi connectivity index (χ1) is 8.02. The summed E-state index contributed by atoms with van der Waals surface area (Å²) < 4.78 is 9.86. The number of carbonyl (C=O) groups is 1. The predicted octanol–water partition coefficient (Wildman–Crippen LogP) is 1.42. The highest BCUT2D eigenvalue weighted by Crippen LogP contribution is 2.11. The van der Waals surface area contributed by atoms with Crippen molar-refractivity contribution < 1.29 is 19.1 Å². The first kappa shape index (κ1) is 13.5. The molecule has 0 amide bonds. The molecule has 6 heteroatoms. The molecular formula is C11H18N2O4. The molecule has 1 aromatic heterocycles. The molecule has 0 bridgehead atoms. The summed E-state index contributed by atoms with van der Waals surface area (Å²) in [6.07, 6.45) is 1.41. The fourth-order valence-electron chi connectivity index (χ4n) is 1.42. The highest BCUT2D eigenvalue weighted by Gasteiger charge is 2.14. The van der Waals surface area contributed by atoms with E-state index in [9.17, 15) is 9.90 Å². The number of nitrogens with one attached hydrogen (secondary N) is 1. The number of esters is 1. The molecule has 1 rings (SSSR count). The average Bonchev–Trinajstić information content (AvgIpc) is 2.65. The summed E-state index contributed by atoms with van der Waals surface area (Å²) in [6.45, 7) is 5.62. The Morgan fingerprint density at radius 3 is 2.94 bits per heavy atom. The number of carbonyl (C=O) groups excluding carboxylic acids is 1. The van der Waals surface area contributed by atoms with Crippen LogP contribution in [0.15, 0.2) is 10.7 Å². The average molecular weight is 242 g/mol. The Labute approximate surface area is 100.0 Å². The lowest BCUT2D eigenvalue weighted by Crippen LogP contribution is -2.20. The molecule has 0 saturated heterocycles. The second-order valence-electron chi connectivity index (χ2n) is 3.89. The van der Waals surface area contributed by atoms with Gasteiger partial charge in [0.05, 0.1) is 12.7 Å². The minimum Gasteiger partial charge on any atom is -0.461 e. The van der Waals surface area contributed by atoms with E-state index < -0.39 is 12.1 Å². The van der Waals surface area contributed by atoms with Gasteiger partial charge in [0.1, 0.15) is 6.26 Å². The number of oxazole rings is 1. The van der Waals surface area contributed by atoms with Crippen LogP contribution < -0.4 is 5.32 Å². The molecular weight excluding hydrogens is 224 g/mol. The number of aromatic nitrogens is 1. The maximum Gasteiger partial charge on any atom is 0.360 e. The summed E-state index contributed by atoms with van der Waals surface area (Å²) in [5, 5.41) is 12.1. The first-order valence-electron chi connectivity index (χ1n) is 5.60. The van der Waals surface area contributed by atoms with Gasteiger partial charge in [-0.1, -0.05) is 0 Å². The maximum atomic E-state index is 11.3. The molecule has 96 valence electrons. The molecule has 0 aliphatic heterocycles. The second kappa shape index (κ2) is 6.24. The first-order valence-corrected chi connectivity index (χ1v) is 5.60. The highest BCUT2D eigenvalue weighted by atomic mass is 16.5. The molecule has 17 heavy (non-hydrogen) atoms. The molecule has 0 aromatic carbocycles. The molecule has 0 spiro atoms. The molecule has 2 atom stereocenters. The monoisotopic (exact) mass is 242 g/mol. The van der Waals surface area contributed by atoms with E-state index in [1.54, 1.807) is 13.8 Å². The minimum absolute atomic E-state index is 0.00342. The summed E-state index contributed by atoms with van der Waals surface area (Å²) >= 11 is 0. The third-order valence-electron chi connectivity index (χ3n) is 2.05. The Morgan fingerprint density at radius 1 is 1.65 bits per heavy atom. The number of ether oxygens (including phenoxy) is 1. The lowest BCUT2D eigenvalue weighted by atomic mass is 10.2. The minimum atomic E-state index is -0.507. The van der Waals surface area contributed by atoms with Crippen molar-refractivity contribution in [1.82, 2.24) is 4.98 Å². The van der Waals surface area contributed by atoms with Crippen LogP contribution in [0.5, 0.6) is 0 Å². The van der Waals surface area contributed by atoms with Crippen LogP contribution in [0.1, 0.15) is 37.7 Å².